The van der Waals surface area contributed by atoms with Crippen molar-refractivity contribution >= 4 is 18.3 Å². The Morgan fingerprint density at radius 2 is 1.74 bits per heavy atom. The van der Waals surface area contributed by atoms with Gasteiger partial charge in [0, 0.05) is 31.6 Å². The number of likely N-dealkylation sites (tertiary alicyclic amines) is 1. The summed E-state index contributed by atoms with van der Waals surface area (Å²) in [5, 5.41) is 6.85. The van der Waals surface area contributed by atoms with Crippen LogP contribution in [0, 0.1) is 11.8 Å². The van der Waals surface area contributed by atoms with Crippen molar-refractivity contribution in [2.75, 3.05) is 32.7 Å². The molecule has 2 N–H and O–H groups in total. The van der Waals surface area contributed by atoms with Gasteiger partial charge in [-0.3, -0.25) is 4.79 Å². The third-order valence-electron chi connectivity index (χ3n) is 5.83. The normalized spacial score (nSPS) is 28.1. The van der Waals surface area contributed by atoms with Crippen LogP contribution >= 0.6 is 12.4 Å². The van der Waals surface area contributed by atoms with Gasteiger partial charge in [0.15, 0.2) is 0 Å². The lowest BCUT2D eigenvalue weighted by Gasteiger charge is -2.36. The maximum Gasteiger partial charge on any atom is 0.223 e. The molecule has 3 aliphatic rings. The summed E-state index contributed by atoms with van der Waals surface area (Å²) in [5.74, 6) is 1.48. The van der Waals surface area contributed by atoms with E-state index in [1.807, 2.05) is 0 Å². The fourth-order valence-electron chi connectivity index (χ4n) is 4.39. The first kappa shape index (κ1) is 19.0. The van der Waals surface area contributed by atoms with Crippen LogP contribution in [-0.4, -0.2) is 49.6 Å². The van der Waals surface area contributed by atoms with Crippen molar-refractivity contribution < 1.29 is 4.79 Å². The summed E-state index contributed by atoms with van der Waals surface area (Å²) in [5.41, 5.74) is 0. The molecule has 1 atom stereocenters. The first-order chi connectivity index (χ1) is 10.8. The molecule has 0 radical (unpaired) electrons. The molecule has 1 aliphatic carbocycles. The summed E-state index contributed by atoms with van der Waals surface area (Å²) < 4.78 is 0. The van der Waals surface area contributed by atoms with Gasteiger partial charge >= 0.3 is 0 Å². The number of nitrogens with one attached hydrogen (secondary N) is 2. The number of halogens is 1. The molecule has 1 amide bonds. The van der Waals surface area contributed by atoms with Gasteiger partial charge in [0.1, 0.15) is 0 Å². The van der Waals surface area contributed by atoms with E-state index in [1.165, 1.54) is 51.7 Å². The van der Waals surface area contributed by atoms with Gasteiger partial charge in [0.05, 0.1) is 0 Å². The molecule has 1 saturated carbocycles. The number of amides is 1. The van der Waals surface area contributed by atoms with Gasteiger partial charge in [0.25, 0.3) is 0 Å². The smallest absolute Gasteiger partial charge is 0.223 e. The van der Waals surface area contributed by atoms with E-state index in [1.54, 1.807) is 0 Å². The third kappa shape index (κ3) is 5.91. The summed E-state index contributed by atoms with van der Waals surface area (Å²) in [7, 11) is 0. The molecule has 3 fully saturated rings. The summed E-state index contributed by atoms with van der Waals surface area (Å²) in [6, 6.07) is 0.426. The van der Waals surface area contributed by atoms with Gasteiger partial charge in [-0.25, -0.2) is 0 Å². The summed E-state index contributed by atoms with van der Waals surface area (Å²) >= 11 is 0. The average molecular weight is 344 g/mol. The monoisotopic (exact) mass is 343 g/mol. The van der Waals surface area contributed by atoms with Crippen LogP contribution in [0.25, 0.3) is 0 Å². The van der Waals surface area contributed by atoms with E-state index in [0.717, 1.165) is 44.7 Å². The SMILES string of the molecule is Cl.O=C(NC1CCN(CC2CCCNC2)CC1)C1CCCCC1. The topological polar surface area (TPSA) is 44.4 Å². The summed E-state index contributed by atoms with van der Waals surface area (Å²) in [6.07, 6.45) is 11.0. The molecule has 1 unspecified atom stereocenters. The molecule has 4 nitrogen and oxygen atoms in total. The van der Waals surface area contributed by atoms with E-state index in [-0.39, 0.29) is 12.4 Å². The molecule has 5 heteroatoms. The maximum absolute atomic E-state index is 12.3. The van der Waals surface area contributed by atoms with Crippen LogP contribution in [-0.2, 0) is 4.79 Å². The quantitative estimate of drug-likeness (QED) is 0.824. The maximum atomic E-state index is 12.3. The zero-order valence-electron chi connectivity index (χ0n) is 14.4. The lowest BCUT2D eigenvalue weighted by atomic mass is 9.88. The largest absolute Gasteiger partial charge is 0.353 e. The molecular formula is C18H34ClN3O. The van der Waals surface area contributed by atoms with Crippen molar-refractivity contribution in [3.05, 3.63) is 0 Å². The summed E-state index contributed by atoms with van der Waals surface area (Å²) in [6.45, 7) is 5.96. The minimum Gasteiger partial charge on any atom is -0.353 e. The minimum atomic E-state index is 0. The second kappa shape index (κ2) is 9.85. The van der Waals surface area contributed by atoms with Crippen LogP contribution in [0.2, 0.25) is 0 Å². The molecule has 2 heterocycles. The van der Waals surface area contributed by atoms with Crippen LogP contribution < -0.4 is 10.6 Å². The Morgan fingerprint density at radius 3 is 2.39 bits per heavy atom. The van der Waals surface area contributed by atoms with Crippen LogP contribution in [0.3, 0.4) is 0 Å². The van der Waals surface area contributed by atoms with Crippen molar-refractivity contribution in [2.45, 2.75) is 63.8 Å². The van der Waals surface area contributed by atoms with E-state index in [2.05, 4.69) is 15.5 Å². The number of hydrogen-bond acceptors (Lipinski definition) is 3. The predicted molar refractivity (Wildman–Crippen MR) is 97.0 cm³/mol. The molecule has 3 rings (SSSR count). The first-order valence-corrected chi connectivity index (χ1v) is 9.55. The van der Waals surface area contributed by atoms with Gasteiger partial charge < -0.3 is 15.5 Å². The van der Waals surface area contributed by atoms with Crippen molar-refractivity contribution in [3.8, 4) is 0 Å². The van der Waals surface area contributed by atoms with Crippen molar-refractivity contribution in [3.63, 3.8) is 0 Å². The van der Waals surface area contributed by atoms with Crippen LogP contribution in [0.1, 0.15) is 57.8 Å². The minimum absolute atomic E-state index is 0. The Kier molecular flexibility index (Phi) is 8.14. The molecule has 2 aliphatic heterocycles. The molecule has 2 saturated heterocycles. The molecule has 134 valence electrons. The molecular weight excluding hydrogens is 310 g/mol. The van der Waals surface area contributed by atoms with Crippen molar-refractivity contribution in [1.82, 2.24) is 15.5 Å². The zero-order chi connectivity index (χ0) is 15.2. The number of hydrogen-bond donors (Lipinski definition) is 2. The fraction of sp³-hybridized carbons (Fsp3) is 0.944. The molecule has 0 aromatic rings. The van der Waals surface area contributed by atoms with Crippen LogP contribution in [0.5, 0.6) is 0 Å². The van der Waals surface area contributed by atoms with Gasteiger partial charge in [-0.15, -0.1) is 12.4 Å². The molecule has 0 bridgehead atoms. The van der Waals surface area contributed by atoms with E-state index in [4.69, 9.17) is 0 Å². The highest BCUT2D eigenvalue weighted by Gasteiger charge is 2.26. The Morgan fingerprint density at radius 1 is 1.00 bits per heavy atom. The number of carbonyl (C=O) groups excluding carboxylic acids is 1. The second-order valence-corrected chi connectivity index (χ2v) is 7.63. The van der Waals surface area contributed by atoms with Crippen molar-refractivity contribution in [1.29, 1.82) is 0 Å². The number of nitrogens with zero attached hydrogens (tertiary/aromatic N) is 1. The van der Waals surface area contributed by atoms with Gasteiger partial charge in [-0.05, 0) is 57.5 Å². The molecule has 0 aromatic heterocycles. The number of rotatable bonds is 4. The Balaban J connectivity index is 0.00000192. The fourth-order valence-corrected chi connectivity index (χ4v) is 4.39. The van der Waals surface area contributed by atoms with E-state index in [0.29, 0.717) is 17.9 Å². The predicted octanol–water partition coefficient (Wildman–Crippen LogP) is 2.57. The Bertz CT molecular complexity index is 346. The molecule has 0 spiro atoms. The van der Waals surface area contributed by atoms with E-state index >= 15 is 0 Å². The Hall–Kier alpha value is -0.320. The molecule has 23 heavy (non-hydrogen) atoms. The Labute approximate surface area is 147 Å². The van der Waals surface area contributed by atoms with Crippen LogP contribution in [0.4, 0.5) is 0 Å². The van der Waals surface area contributed by atoms with Gasteiger partial charge in [0.2, 0.25) is 5.91 Å². The third-order valence-corrected chi connectivity index (χ3v) is 5.83. The number of piperidine rings is 2. The highest BCUT2D eigenvalue weighted by atomic mass is 35.5. The highest BCUT2D eigenvalue weighted by Crippen LogP contribution is 2.24. The van der Waals surface area contributed by atoms with Crippen molar-refractivity contribution in [2.24, 2.45) is 11.8 Å². The van der Waals surface area contributed by atoms with Gasteiger partial charge in [-0.1, -0.05) is 19.3 Å². The lowest BCUT2D eigenvalue weighted by Crippen LogP contribution is -2.48. The second-order valence-electron chi connectivity index (χ2n) is 7.63. The highest BCUT2D eigenvalue weighted by molar-refractivity contribution is 5.85. The first-order valence-electron chi connectivity index (χ1n) is 9.55. The zero-order valence-corrected chi connectivity index (χ0v) is 15.2. The lowest BCUT2D eigenvalue weighted by molar-refractivity contribution is -0.127. The van der Waals surface area contributed by atoms with Gasteiger partial charge in [-0.2, -0.15) is 0 Å². The van der Waals surface area contributed by atoms with E-state index in [9.17, 15) is 4.79 Å². The summed E-state index contributed by atoms with van der Waals surface area (Å²) in [4.78, 5) is 14.9. The molecule has 0 aromatic carbocycles. The standard InChI is InChI=1S/C18H33N3O.ClH/c22-18(16-6-2-1-3-7-16)20-17-8-11-21(12-9-17)14-15-5-4-10-19-13-15;/h15-17,19H,1-14H2,(H,20,22);1H. The van der Waals surface area contributed by atoms with Crippen LogP contribution in [0.15, 0.2) is 0 Å². The average Bonchev–Trinajstić information content (AvgIpc) is 2.58. The van der Waals surface area contributed by atoms with E-state index < -0.39 is 0 Å². The number of carbonyl (C=O) groups is 1.